The van der Waals surface area contributed by atoms with Crippen molar-refractivity contribution in [2.75, 3.05) is 5.32 Å². The van der Waals surface area contributed by atoms with E-state index in [-0.39, 0.29) is 17.9 Å². The summed E-state index contributed by atoms with van der Waals surface area (Å²) in [5, 5.41) is 3.28. The number of rotatable bonds is 5. The number of nitrogens with one attached hydrogen (secondary N) is 1. The molecule has 6 heteroatoms. The molecule has 3 aromatic rings. The fourth-order valence-corrected chi connectivity index (χ4v) is 4.79. The van der Waals surface area contributed by atoms with Gasteiger partial charge in [-0.2, -0.15) is 0 Å². The van der Waals surface area contributed by atoms with Crippen LogP contribution in [0.15, 0.2) is 42.5 Å². The van der Waals surface area contributed by atoms with E-state index in [1.54, 1.807) is 17.4 Å². The molecule has 2 heterocycles. The van der Waals surface area contributed by atoms with E-state index in [9.17, 15) is 4.79 Å². The van der Waals surface area contributed by atoms with Crippen LogP contribution in [-0.4, -0.2) is 12.1 Å². The maximum atomic E-state index is 15.2. The van der Waals surface area contributed by atoms with Gasteiger partial charge < -0.3 is 14.8 Å². The van der Waals surface area contributed by atoms with E-state index < -0.39 is 6.10 Å². The molecule has 1 aliphatic rings. The van der Waals surface area contributed by atoms with Crippen molar-refractivity contribution in [1.82, 2.24) is 0 Å². The third-order valence-electron chi connectivity index (χ3n) is 5.25. The Labute approximate surface area is 179 Å². The predicted octanol–water partition coefficient (Wildman–Crippen LogP) is 6.17. The third-order valence-corrected chi connectivity index (χ3v) is 6.21. The van der Waals surface area contributed by atoms with E-state index in [0.717, 1.165) is 21.7 Å². The van der Waals surface area contributed by atoms with Crippen molar-refractivity contribution in [3.05, 3.63) is 69.2 Å². The van der Waals surface area contributed by atoms with Gasteiger partial charge in [-0.1, -0.05) is 18.2 Å². The highest BCUT2D eigenvalue weighted by molar-refractivity contribution is 7.12. The molecule has 156 valence electrons. The van der Waals surface area contributed by atoms with Crippen molar-refractivity contribution in [3.63, 3.8) is 0 Å². The van der Waals surface area contributed by atoms with Crippen molar-refractivity contribution in [2.24, 2.45) is 0 Å². The summed E-state index contributed by atoms with van der Waals surface area (Å²) in [4.78, 5) is 13.6. The van der Waals surface area contributed by atoms with Crippen LogP contribution in [0.25, 0.3) is 11.1 Å². The number of carbonyl (C=O) groups excluding carboxylic acids is 1. The van der Waals surface area contributed by atoms with Crippen LogP contribution in [0, 0.1) is 19.7 Å². The third kappa shape index (κ3) is 3.92. The molecule has 0 amide bonds. The number of halogens is 1. The lowest BCUT2D eigenvalue weighted by Crippen LogP contribution is -2.18. The average molecular weight is 426 g/mol. The first-order valence-electron chi connectivity index (χ1n) is 9.90. The number of anilines is 1. The van der Waals surface area contributed by atoms with Gasteiger partial charge in [0.2, 0.25) is 0 Å². The van der Waals surface area contributed by atoms with Gasteiger partial charge in [-0.25, -0.2) is 4.39 Å². The van der Waals surface area contributed by atoms with Gasteiger partial charge >= 0.3 is 5.97 Å². The second-order valence-corrected chi connectivity index (χ2v) is 9.03. The quantitative estimate of drug-likeness (QED) is 0.497. The highest BCUT2D eigenvalue weighted by atomic mass is 32.1. The minimum Gasteiger partial charge on any atom is -0.486 e. The van der Waals surface area contributed by atoms with Crippen LogP contribution in [0.5, 0.6) is 5.75 Å². The van der Waals surface area contributed by atoms with Gasteiger partial charge in [-0.05, 0) is 44.5 Å². The summed E-state index contributed by atoms with van der Waals surface area (Å²) in [7, 11) is 0. The number of thiophene rings is 1. The minimum absolute atomic E-state index is 0.202. The zero-order valence-corrected chi connectivity index (χ0v) is 18.2. The fraction of sp³-hybridized carbons (Fsp3) is 0.292. The Balaban J connectivity index is 1.52. The van der Waals surface area contributed by atoms with Crippen LogP contribution in [-0.2, 0) is 16.1 Å². The predicted molar refractivity (Wildman–Crippen MR) is 118 cm³/mol. The molecule has 0 radical (unpaired) electrons. The topological polar surface area (TPSA) is 47.6 Å². The van der Waals surface area contributed by atoms with Crippen LogP contribution in [0.1, 0.15) is 40.8 Å². The summed E-state index contributed by atoms with van der Waals surface area (Å²) in [6, 6.07) is 13.2. The first kappa shape index (κ1) is 20.4. The first-order chi connectivity index (χ1) is 14.3. The Morgan fingerprint density at radius 3 is 2.70 bits per heavy atom. The maximum absolute atomic E-state index is 15.2. The number of aryl methyl sites for hydroxylation is 2. The zero-order valence-electron chi connectivity index (χ0n) is 17.4. The normalized spacial score (nSPS) is 17.4. The second-order valence-electron chi connectivity index (χ2n) is 7.56. The lowest BCUT2D eigenvalue weighted by atomic mass is 10.0. The van der Waals surface area contributed by atoms with E-state index in [1.165, 1.54) is 11.8 Å². The number of hydrogen-bond donors (Lipinski definition) is 1. The Morgan fingerprint density at radius 1 is 1.20 bits per heavy atom. The summed E-state index contributed by atoms with van der Waals surface area (Å²) < 4.78 is 26.4. The Bertz CT molecular complexity index is 1110. The number of hydrogen-bond acceptors (Lipinski definition) is 5. The molecule has 30 heavy (non-hydrogen) atoms. The van der Waals surface area contributed by atoms with Crippen molar-refractivity contribution in [2.45, 2.75) is 46.4 Å². The monoisotopic (exact) mass is 425 g/mol. The largest absolute Gasteiger partial charge is 0.486 e. The van der Waals surface area contributed by atoms with Gasteiger partial charge in [-0.15, -0.1) is 11.3 Å². The van der Waals surface area contributed by atoms with Gasteiger partial charge in [0.15, 0.2) is 6.10 Å². The molecule has 0 saturated heterocycles. The summed E-state index contributed by atoms with van der Waals surface area (Å²) in [6.07, 6.45) is -0.649. The summed E-state index contributed by atoms with van der Waals surface area (Å²) in [6.45, 7) is 7.67. The smallest absolute Gasteiger partial charge is 0.303 e. The molecule has 4 rings (SSSR count). The van der Waals surface area contributed by atoms with Crippen molar-refractivity contribution < 1.29 is 18.7 Å². The van der Waals surface area contributed by atoms with E-state index >= 15 is 4.39 Å². The molecule has 0 aliphatic carbocycles. The molecule has 1 unspecified atom stereocenters. The number of fused-ring (bicyclic) bond motifs is 1. The Morgan fingerprint density at radius 2 is 2.00 bits per heavy atom. The Hall–Kier alpha value is -2.86. The molecule has 0 fully saturated rings. The first-order valence-corrected chi connectivity index (χ1v) is 10.7. The molecule has 0 spiro atoms. The van der Waals surface area contributed by atoms with Crippen LogP contribution < -0.4 is 10.1 Å². The van der Waals surface area contributed by atoms with Crippen LogP contribution in [0.2, 0.25) is 0 Å². The summed E-state index contributed by atoms with van der Waals surface area (Å²) in [5.74, 6) is 0.140. The average Bonchev–Trinajstić information content (AvgIpc) is 3.18. The van der Waals surface area contributed by atoms with Crippen molar-refractivity contribution in [3.8, 4) is 16.9 Å². The van der Waals surface area contributed by atoms with E-state index in [4.69, 9.17) is 9.47 Å². The van der Waals surface area contributed by atoms with Gasteiger partial charge in [-0.3, -0.25) is 4.79 Å². The zero-order chi connectivity index (χ0) is 21.4. The lowest BCUT2D eigenvalue weighted by molar-refractivity contribution is -0.149. The molecular formula is C24H24FNO3S. The number of carbonyl (C=O) groups is 1. The highest BCUT2D eigenvalue weighted by Gasteiger charge is 2.33. The maximum Gasteiger partial charge on any atom is 0.303 e. The molecule has 4 nitrogen and oxygen atoms in total. The van der Waals surface area contributed by atoms with Crippen LogP contribution in [0.4, 0.5) is 10.1 Å². The molecule has 2 atom stereocenters. The number of benzene rings is 2. The SMILES string of the molecule is CC(=O)O[C@H]1c2ccc(NCc3cccc(-c4cc(C)sc4C)c3F)cc2OC1C. The fourth-order valence-electron chi connectivity index (χ4n) is 3.85. The lowest BCUT2D eigenvalue weighted by Gasteiger charge is -2.14. The molecule has 1 aromatic heterocycles. The minimum atomic E-state index is -0.405. The summed E-state index contributed by atoms with van der Waals surface area (Å²) >= 11 is 1.68. The van der Waals surface area contributed by atoms with Gasteiger partial charge in [0.1, 0.15) is 17.7 Å². The van der Waals surface area contributed by atoms with E-state index in [1.807, 2.05) is 57.2 Å². The number of esters is 1. The molecule has 0 saturated carbocycles. The van der Waals surface area contributed by atoms with Gasteiger partial charge in [0, 0.05) is 51.7 Å². The van der Waals surface area contributed by atoms with E-state index in [2.05, 4.69) is 5.32 Å². The second kappa shape index (κ2) is 8.11. The van der Waals surface area contributed by atoms with E-state index in [0.29, 0.717) is 23.4 Å². The number of ether oxygens (including phenoxy) is 2. The van der Waals surface area contributed by atoms with Gasteiger partial charge in [0.05, 0.1) is 0 Å². The van der Waals surface area contributed by atoms with Crippen molar-refractivity contribution >= 4 is 23.0 Å². The molecule has 0 bridgehead atoms. The molecule has 1 aliphatic heterocycles. The standard InChI is InChI=1S/C24H24FNO3S/c1-13-10-21(15(3)30-13)19-7-5-6-17(23(19)25)12-26-18-8-9-20-22(11-18)28-14(2)24(20)29-16(4)27/h5-11,14,24,26H,12H2,1-4H3/t14?,24-/m1/s1. The van der Waals surface area contributed by atoms with Crippen LogP contribution in [0.3, 0.4) is 0 Å². The van der Waals surface area contributed by atoms with Crippen molar-refractivity contribution in [1.29, 1.82) is 0 Å². The molecule has 1 N–H and O–H groups in total. The summed E-state index contributed by atoms with van der Waals surface area (Å²) in [5.41, 5.74) is 3.85. The molecular weight excluding hydrogens is 401 g/mol. The van der Waals surface area contributed by atoms with Gasteiger partial charge in [0.25, 0.3) is 0 Å². The Kier molecular flexibility index (Phi) is 5.52. The van der Waals surface area contributed by atoms with Crippen LogP contribution >= 0.6 is 11.3 Å². The molecule has 2 aromatic carbocycles. The highest BCUT2D eigenvalue weighted by Crippen LogP contribution is 2.40.